The summed E-state index contributed by atoms with van der Waals surface area (Å²) in [6.45, 7) is 1.63. The van der Waals surface area contributed by atoms with Crippen molar-refractivity contribution in [3.8, 4) is 5.82 Å². The molecule has 1 fully saturated rings. The molecular formula is C15H21Cl2N5O. The van der Waals surface area contributed by atoms with E-state index in [9.17, 15) is 4.79 Å². The molecule has 2 aromatic rings. The minimum absolute atomic E-state index is 0. The van der Waals surface area contributed by atoms with Gasteiger partial charge >= 0.3 is 0 Å². The van der Waals surface area contributed by atoms with E-state index >= 15 is 0 Å². The van der Waals surface area contributed by atoms with E-state index in [-0.39, 0.29) is 36.8 Å². The molecule has 1 amide bonds. The maximum Gasteiger partial charge on any atom is 0.272 e. The van der Waals surface area contributed by atoms with E-state index < -0.39 is 0 Å². The lowest BCUT2D eigenvalue weighted by Gasteiger charge is -2.24. The van der Waals surface area contributed by atoms with Crippen LogP contribution in [-0.2, 0) is 0 Å². The van der Waals surface area contributed by atoms with Crippen LogP contribution in [-0.4, -0.2) is 51.8 Å². The second-order valence-electron chi connectivity index (χ2n) is 5.18. The van der Waals surface area contributed by atoms with E-state index in [1.165, 1.54) is 0 Å². The van der Waals surface area contributed by atoms with Gasteiger partial charge in [-0.25, -0.2) is 9.67 Å². The summed E-state index contributed by atoms with van der Waals surface area (Å²) in [4.78, 5) is 19.0. The Morgan fingerprint density at radius 1 is 1.35 bits per heavy atom. The number of likely N-dealkylation sites (N-methyl/N-ethyl adjacent to an activating group) is 1. The van der Waals surface area contributed by atoms with Crippen molar-refractivity contribution in [3.63, 3.8) is 0 Å². The van der Waals surface area contributed by atoms with Gasteiger partial charge in [-0.05, 0) is 38.1 Å². The summed E-state index contributed by atoms with van der Waals surface area (Å²) in [5, 5.41) is 7.30. The van der Waals surface area contributed by atoms with Gasteiger partial charge in [0.25, 0.3) is 5.91 Å². The van der Waals surface area contributed by atoms with Crippen LogP contribution in [0.15, 0.2) is 36.7 Å². The largest absolute Gasteiger partial charge is 0.333 e. The number of rotatable bonds is 4. The van der Waals surface area contributed by atoms with E-state index in [0.717, 1.165) is 25.9 Å². The maximum absolute atomic E-state index is 12.7. The molecule has 1 unspecified atom stereocenters. The quantitative estimate of drug-likeness (QED) is 0.907. The Balaban J connectivity index is 0.00000132. The van der Waals surface area contributed by atoms with Gasteiger partial charge in [0, 0.05) is 31.5 Å². The van der Waals surface area contributed by atoms with Crippen LogP contribution in [0.5, 0.6) is 0 Å². The number of amides is 1. The van der Waals surface area contributed by atoms with E-state index in [1.807, 2.05) is 36.3 Å². The number of halogens is 2. The Labute approximate surface area is 148 Å². The van der Waals surface area contributed by atoms with E-state index in [4.69, 9.17) is 0 Å². The third-order valence-electron chi connectivity index (χ3n) is 3.77. The number of hydrogen-bond donors (Lipinski definition) is 1. The average Bonchev–Trinajstić information content (AvgIpc) is 3.18. The van der Waals surface area contributed by atoms with E-state index in [1.54, 1.807) is 16.9 Å². The molecule has 2 aromatic heterocycles. The SMILES string of the molecule is CNCC1CCCN1C(=O)c1cccc(-n2cccn2)n1.Cl.Cl. The Morgan fingerprint density at radius 3 is 2.87 bits per heavy atom. The lowest BCUT2D eigenvalue weighted by atomic mass is 10.2. The Kier molecular flexibility index (Phi) is 7.48. The molecule has 1 aliphatic rings. The molecule has 3 rings (SSSR count). The molecule has 0 bridgehead atoms. The monoisotopic (exact) mass is 357 g/mol. The maximum atomic E-state index is 12.7. The lowest BCUT2D eigenvalue weighted by molar-refractivity contribution is 0.0731. The molecule has 126 valence electrons. The van der Waals surface area contributed by atoms with Crippen molar-refractivity contribution in [2.75, 3.05) is 20.1 Å². The summed E-state index contributed by atoms with van der Waals surface area (Å²) < 4.78 is 1.66. The molecule has 0 saturated carbocycles. The fraction of sp³-hybridized carbons (Fsp3) is 0.400. The number of carbonyl (C=O) groups excluding carboxylic acids is 1. The molecule has 6 nitrogen and oxygen atoms in total. The van der Waals surface area contributed by atoms with Gasteiger partial charge in [0.15, 0.2) is 5.82 Å². The molecule has 0 aliphatic carbocycles. The van der Waals surface area contributed by atoms with Crippen molar-refractivity contribution in [1.29, 1.82) is 0 Å². The average molecular weight is 358 g/mol. The minimum Gasteiger partial charge on any atom is -0.333 e. The van der Waals surface area contributed by atoms with Crippen molar-refractivity contribution in [3.05, 3.63) is 42.4 Å². The van der Waals surface area contributed by atoms with Crippen LogP contribution in [0.2, 0.25) is 0 Å². The molecular weight excluding hydrogens is 337 g/mol. The van der Waals surface area contributed by atoms with Gasteiger partial charge in [-0.15, -0.1) is 24.8 Å². The van der Waals surface area contributed by atoms with Crippen LogP contribution < -0.4 is 5.32 Å². The van der Waals surface area contributed by atoms with Crippen molar-refractivity contribution >= 4 is 30.7 Å². The van der Waals surface area contributed by atoms with Gasteiger partial charge in [-0.2, -0.15) is 5.10 Å². The zero-order valence-corrected chi connectivity index (χ0v) is 14.5. The second-order valence-corrected chi connectivity index (χ2v) is 5.18. The first-order valence-corrected chi connectivity index (χ1v) is 7.22. The molecule has 8 heteroatoms. The topological polar surface area (TPSA) is 63.1 Å². The Bertz CT molecular complexity index is 620. The van der Waals surface area contributed by atoms with Gasteiger partial charge in [-0.1, -0.05) is 6.07 Å². The molecule has 1 aliphatic heterocycles. The van der Waals surface area contributed by atoms with Gasteiger partial charge < -0.3 is 10.2 Å². The number of likely N-dealkylation sites (tertiary alicyclic amines) is 1. The van der Waals surface area contributed by atoms with Crippen LogP contribution in [0.25, 0.3) is 5.82 Å². The first kappa shape index (κ1) is 19.4. The van der Waals surface area contributed by atoms with E-state index in [2.05, 4.69) is 15.4 Å². The van der Waals surface area contributed by atoms with Crippen LogP contribution in [0, 0.1) is 0 Å². The Morgan fingerprint density at radius 2 is 2.17 bits per heavy atom. The normalized spacial score (nSPS) is 16.6. The first-order valence-electron chi connectivity index (χ1n) is 7.22. The summed E-state index contributed by atoms with van der Waals surface area (Å²) >= 11 is 0. The van der Waals surface area contributed by atoms with Crippen molar-refractivity contribution < 1.29 is 4.79 Å². The smallest absolute Gasteiger partial charge is 0.272 e. The number of pyridine rings is 1. The third kappa shape index (κ3) is 4.22. The van der Waals surface area contributed by atoms with Gasteiger partial charge in [0.1, 0.15) is 5.69 Å². The standard InChI is InChI=1S/C15H19N5O.2ClH/c1-16-11-12-5-3-9-19(12)15(21)13-6-2-7-14(18-13)20-10-4-8-17-20;;/h2,4,6-8,10,12,16H,3,5,9,11H2,1H3;2*1H. The number of hydrogen-bond acceptors (Lipinski definition) is 4. The predicted molar refractivity (Wildman–Crippen MR) is 93.8 cm³/mol. The van der Waals surface area contributed by atoms with Crippen LogP contribution in [0.4, 0.5) is 0 Å². The number of aromatic nitrogens is 3. The predicted octanol–water partition coefficient (Wildman–Crippen LogP) is 1.93. The van der Waals surface area contributed by atoms with E-state index in [0.29, 0.717) is 11.5 Å². The summed E-state index contributed by atoms with van der Waals surface area (Å²) in [5.41, 5.74) is 0.478. The molecule has 0 aromatic carbocycles. The number of nitrogens with zero attached hydrogens (tertiary/aromatic N) is 4. The van der Waals surface area contributed by atoms with Crippen LogP contribution >= 0.6 is 24.8 Å². The lowest BCUT2D eigenvalue weighted by Crippen LogP contribution is -2.41. The zero-order chi connectivity index (χ0) is 14.7. The zero-order valence-electron chi connectivity index (χ0n) is 12.9. The number of nitrogens with one attached hydrogen (secondary N) is 1. The third-order valence-corrected chi connectivity index (χ3v) is 3.77. The second kappa shape index (κ2) is 8.86. The summed E-state index contributed by atoms with van der Waals surface area (Å²) in [6, 6.07) is 7.56. The summed E-state index contributed by atoms with van der Waals surface area (Å²) in [7, 11) is 1.91. The highest BCUT2D eigenvalue weighted by Crippen LogP contribution is 2.19. The van der Waals surface area contributed by atoms with Gasteiger partial charge in [-0.3, -0.25) is 4.79 Å². The highest BCUT2D eigenvalue weighted by Gasteiger charge is 2.29. The fourth-order valence-corrected chi connectivity index (χ4v) is 2.77. The van der Waals surface area contributed by atoms with Crippen LogP contribution in [0.3, 0.4) is 0 Å². The molecule has 1 N–H and O–H groups in total. The molecule has 3 heterocycles. The molecule has 1 saturated heterocycles. The molecule has 1 atom stereocenters. The fourth-order valence-electron chi connectivity index (χ4n) is 2.77. The van der Waals surface area contributed by atoms with Gasteiger partial charge in [0.2, 0.25) is 0 Å². The van der Waals surface area contributed by atoms with Gasteiger partial charge in [0.05, 0.1) is 0 Å². The Hall–Kier alpha value is -1.63. The first-order chi connectivity index (χ1) is 10.3. The molecule has 0 radical (unpaired) electrons. The minimum atomic E-state index is 0. The summed E-state index contributed by atoms with van der Waals surface area (Å²) in [6.07, 6.45) is 5.61. The highest BCUT2D eigenvalue weighted by molar-refractivity contribution is 5.93. The number of carbonyl (C=O) groups is 1. The molecule has 23 heavy (non-hydrogen) atoms. The highest BCUT2D eigenvalue weighted by atomic mass is 35.5. The van der Waals surface area contributed by atoms with Crippen molar-refractivity contribution in [2.45, 2.75) is 18.9 Å². The van der Waals surface area contributed by atoms with Crippen molar-refractivity contribution in [2.24, 2.45) is 0 Å². The summed E-state index contributed by atoms with van der Waals surface area (Å²) in [5.74, 6) is 0.664. The van der Waals surface area contributed by atoms with Crippen molar-refractivity contribution in [1.82, 2.24) is 25.0 Å². The molecule has 0 spiro atoms. The van der Waals surface area contributed by atoms with Crippen LogP contribution in [0.1, 0.15) is 23.3 Å².